The predicted molar refractivity (Wildman–Crippen MR) is 71.9 cm³/mol. The normalized spacial score (nSPS) is 21.7. The van der Waals surface area contributed by atoms with E-state index in [1.165, 1.54) is 19.3 Å². The van der Waals surface area contributed by atoms with Crippen LogP contribution in [0.15, 0.2) is 0 Å². The molecule has 1 saturated carbocycles. The van der Waals surface area contributed by atoms with Crippen molar-refractivity contribution in [2.45, 2.75) is 50.4 Å². The fourth-order valence-corrected chi connectivity index (χ4v) is 2.65. The van der Waals surface area contributed by atoms with Crippen molar-refractivity contribution in [2.75, 3.05) is 24.8 Å². The fourth-order valence-electron chi connectivity index (χ4n) is 2.46. The van der Waals surface area contributed by atoms with Gasteiger partial charge in [-0.2, -0.15) is 0 Å². The third kappa shape index (κ3) is 5.75. The van der Waals surface area contributed by atoms with E-state index in [0.717, 1.165) is 12.8 Å². The highest BCUT2D eigenvalue weighted by molar-refractivity contribution is 6.18. The maximum atomic E-state index is 9.66. The maximum absolute atomic E-state index is 9.66. The van der Waals surface area contributed by atoms with Crippen molar-refractivity contribution < 1.29 is 10.2 Å². The van der Waals surface area contributed by atoms with Gasteiger partial charge in [0.15, 0.2) is 0 Å². The van der Waals surface area contributed by atoms with E-state index >= 15 is 0 Å². The first kappa shape index (κ1) is 15.5. The van der Waals surface area contributed by atoms with Crippen LogP contribution in [0.3, 0.4) is 0 Å². The lowest BCUT2D eigenvalue weighted by Crippen LogP contribution is -2.46. The molecule has 0 bridgehead atoms. The number of nitrogens with zero attached hydrogens (tertiary/aromatic N) is 1. The molecule has 1 aliphatic rings. The van der Waals surface area contributed by atoms with Gasteiger partial charge in [-0.1, -0.05) is 19.3 Å². The average molecular weight is 284 g/mol. The van der Waals surface area contributed by atoms with Crippen molar-refractivity contribution >= 4 is 23.2 Å². The number of aliphatic hydroxyl groups excluding tert-OH is 2. The molecule has 102 valence electrons. The summed E-state index contributed by atoms with van der Waals surface area (Å²) in [5.74, 6) is 0.473. The maximum Gasteiger partial charge on any atom is 0.0802 e. The summed E-state index contributed by atoms with van der Waals surface area (Å²) in [7, 11) is 0. The molecule has 0 radical (unpaired) electrons. The van der Waals surface area contributed by atoms with E-state index < -0.39 is 12.2 Å². The van der Waals surface area contributed by atoms with E-state index in [0.29, 0.717) is 19.1 Å². The molecule has 1 fully saturated rings. The lowest BCUT2D eigenvalue weighted by Gasteiger charge is -2.36. The second-order valence-corrected chi connectivity index (χ2v) is 5.48. The molecule has 0 spiro atoms. The van der Waals surface area contributed by atoms with Gasteiger partial charge >= 0.3 is 0 Å². The molecule has 2 unspecified atom stereocenters. The number of hydrogen-bond acceptors (Lipinski definition) is 3. The summed E-state index contributed by atoms with van der Waals surface area (Å²) in [6.45, 7) is 1.06. The largest absolute Gasteiger partial charge is 0.391 e. The lowest BCUT2D eigenvalue weighted by atomic mass is 9.93. The highest BCUT2D eigenvalue weighted by Crippen LogP contribution is 2.23. The van der Waals surface area contributed by atoms with Crippen molar-refractivity contribution in [3.05, 3.63) is 0 Å². The van der Waals surface area contributed by atoms with Gasteiger partial charge < -0.3 is 10.2 Å². The minimum absolute atomic E-state index is 0.236. The second-order valence-electron chi connectivity index (χ2n) is 4.86. The zero-order valence-corrected chi connectivity index (χ0v) is 11.7. The Morgan fingerprint density at radius 3 is 1.82 bits per heavy atom. The molecule has 0 saturated heterocycles. The molecule has 17 heavy (non-hydrogen) atoms. The molecular formula is C12H23Cl2NO2. The second kappa shape index (κ2) is 8.54. The van der Waals surface area contributed by atoms with Gasteiger partial charge in [0.05, 0.1) is 12.2 Å². The molecule has 0 aromatic carbocycles. The van der Waals surface area contributed by atoms with Gasteiger partial charge in [-0.05, 0) is 12.8 Å². The zero-order valence-electron chi connectivity index (χ0n) is 10.2. The van der Waals surface area contributed by atoms with E-state index in [-0.39, 0.29) is 11.8 Å². The van der Waals surface area contributed by atoms with Crippen LogP contribution in [0.5, 0.6) is 0 Å². The van der Waals surface area contributed by atoms with Crippen molar-refractivity contribution in [3.8, 4) is 0 Å². The summed E-state index contributed by atoms with van der Waals surface area (Å²) in [6.07, 6.45) is 4.99. The number of aliphatic hydroxyl groups is 2. The smallest absolute Gasteiger partial charge is 0.0802 e. The third-order valence-electron chi connectivity index (χ3n) is 3.34. The van der Waals surface area contributed by atoms with Crippen molar-refractivity contribution in [1.29, 1.82) is 0 Å². The van der Waals surface area contributed by atoms with Gasteiger partial charge in [0.25, 0.3) is 0 Å². The van der Waals surface area contributed by atoms with Crippen molar-refractivity contribution in [3.63, 3.8) is 0 Å². The first-order valence-electron chi connectivity index (χ1n) is 6.39. The third-order valence-corrected chi connectivity index (χ3v) is 4.05. The van der Waals surface area contributed by atoms with Crippen LogP contribution < -0.4 is 0 Å². The molecule has 3 nitrogen and oxygen atoms in total. The summed E-state index contributed by atoms with van der Waals surface area (Å²) < 4.78 is 0. The summed E-state index contributed by atoms with van der Waals surface area (Å²) in [5, 5.41) is 19.3. The predicted octanol–water partition coefficient (Wildman–Crippen LogP) is 1.82. The van der Waals surface area contributed by atoms with E-state index in [1.54, 1.807) is 0 Å². The van der Waals surface area contributed by atoms with Gasteiger partial charge in [-0.3, -0.25) is 4.90 Å². The molecular weight excluding hydrogens is 261 g/mol. The Hall–Kier alpha value is 0.460. The van der Waals surface area contributed by atoms with Gasteiger partial charge in [0, 0.05) is 30.9 Å². The quantitative estimate of drug-likeness (QED) is 0.701. The first-order valence-corrected chi connectivity index (χ1v) is 7.46. The molecule has 0 aromatic heterocycles. The molecule has 2 N–H and O–H groups in total. The van der Waals surface area contributed by atoms with E-state index in [4.69, 9.17) is 23.2 Å². The van der Waals surface area contributed by atoms with Crippen LogP contribution in [0, 0.1) is 0 Å². The first-order chi connectivity index (χ1) is 8.17. The molecule has 0 heterocycles. The molecule has 0 aromatic rings. The number of alkyl halides is 2. The molecule has 2 atom stereocenters. The minimum atomic E-state index is -0.527. The zero-order chi connectivity index (χ0) is 12.7. The van der Waals surface area contributed by atoms with Gasteiger partial charge in [0.2, 0.25) is 0 Å². The Morgan fingerprint density at radius 2 is 1.41 bits per heavy atom. The molecule has 1 rings (SSSR count). The number of halogens is 2. The van der Waals surface area contributed by atoms with Crippen LogP contribution in [0.25, 0.3) is 0 Å². The SMILES string of the molecule is OC(CCl)CN(CC(O)CCl)C1CCCCC1. The molecule has 1 aliphatic carbocycles. The van der Waals surface area contributed by atoms with Gasteiger partial charge in [-0.15, -0.1) is 23.2 Å². The van der Waals surface area contributed by atoms with Crippen LogP contribution in [0.2, 0.25) is 0 Å². The lowest BCUT2D eigenvalue weighted by molar-refractivity contribution is 0.0474. The molecule has 0 amide bonds. The van der Waals surface area contributed by atoms with Crippen molar-refractivity contribution in [2.24, 2.45) is 0 Å². The minimum Gasteiger partial charge on any atom is -0.391 e. The Labute approximate surface area is 114 Å². The van der Waals surface area contributed by atoms with E-state index in [2.05, 4.69) is 4.90 Å². The van der Waals surface area contributed by atoms with Crippen LogP contribution in [0.4, 0.5) is 0 Å². The average Bonchev–Trinajstić information content (AvgIpc) is 2.38. The van der Waals surface area contributed by atoms with Crippen molar-refractivity contribution in [1.82, 2.24) is 4.90 Å². The molecule has 0 aliphatic heterocycles. The van der Waals surface area contributed by atoms with Gasteiger partial charge in [0.1, 0.15) is 0 Å². The Balaban J connectivity index is 2.50. The topological polar surface area (TPSA) is 43.7 Å². The highest BCUT2D eigenvalue weighted by Gasteiger charge is 2.24. The van der Waals surface area contributed by atoms with Crippen LogP contribution >= 0.6 is 23.2 Å². The number of rotatable bonds is 7. The van der Waals surface area contributed by atoms with Crippen LogP contribution in [0.1, 0.15) is 32.1 Å². The monoisotopic (exact) mass is 283 g/mol. The Morgan fingerprint density at radius 1 is 0.941 bits per heavy atom. The van der Waals surface area contributed by atoms with E-state index in [9.17, 15) is 10.2 Å². The summed E-state index contributed by atoms with van der Waals surface area (Å²) >= 11 is 11.3. The van der Waals surface area contributed by atoms with Crippen LogP contribution in [-0.2, 0) is 0 Å². The molecule has 5 heteroatoms. The van der Waals surface area contributed by atoms with E-state index in [1.807, 2.05) is 0 Å². The summed E-state index contributed by atoms with van der Waals surface area (Å²) in [6, 6.07) is 0.458. The fraction of sp³-hybridized carbons (Fsp3) is 1.00. The van der Waals surface area contributed by atoms with Gasteiger partial charge in [-0.25, -0.2) is 0 Å². The summed E-state index contributed by atoms with van der Waals surface area (Å²) in [4.78, 5) is 2.15. The Bertz CT molecular complexity index is 189. The van der Waals surface area contributed by atoms with Crippen LogP contribution in [-0.4, -0.2) is 58.2 Å². The highest BCUT2D eigenvalue weighted by atomic mass is 35.5. The number of hydrogen-bond donors (Lipinski definition) is 2. The Kier molecular flexibility index (Phi) is 7.80. The standard InChI is InChI=1S/C12H23Cl2NO2/c13-6-11(16)8-15(9-12(17)7-14)10-4-2-1-3-5-10/h10-12,16-17H,1-9H2. The summed E-state index contributed by atoms with van der Waals surface area (Å²) in [5.41, 5.74) is 0.